The number of methoxy groups -OCH3 is 2. The Balaban J connectivity index is 1.48. The summed E-state index contributed by atoms with van der Waals surface area (Å²) in [5, 5.41) is 12.7. The number of likely N-dealkylation sites (tertiary alicyclic amines) is 1. The number of benzene rings is 2. The number of carbonyl (C=O) groups is 1. The Morgan fingerprint density at radius 1 is 1.14 bits per heavy atom. The summed E-state index contributed by atoms with van der Waals surface area (Å²) in [6.07, 6.45) is 0.895. The van der Waals surface area contributed by atoms with Crippen molar-refractivity contribution in [3.63, 3.8) is 0 Å². The maximum Gasteiger partial charge on any atom is 0.232 e. The number of para-hydroxylation sites is 1. The van der Waals surface area contributed by atoms with Crippen LogP contribution in [-0.4, -0.2) is 37.4 Å². The number of fused-ring (bicyclic) bond motifs is 1. The van der Waals surface area contributed by atoms with E-state index in [1.165, 1.54) is 0 Å². The minimum absolute atomic E-state index is 0.0358. The van der Waals surface area contributed by atoms with Crippen LogP contribution in [0.4, 0.5) is 5.69 Å². The number of amidine groups is 1. The number of ether oxygens (including phenoxy) is 2. The summed E-state index contributed by atoms with van der Waals surface area (Å²) in [6.45, 7) is 0.460. The van der Waals surface area contributed by atoms with Crippen LogP contribution in [0.1, 0.15) is 12.0 Å². The number of hydrogen-bond acceptors (Lipinski definition) is 6. The van der Waals surface area contributed by atoms with E-state index >= 15 is 0 Å². The second kappa shape index (κ2) is 7.59. The fraction of sp³-hybridized carbons (Fsp3) is 0.238. The molecule has 6 nitrogen and oxygen atoms in total. The number of nitrogens with zero attached hydrogens (tertiary/aromatic N) is 1. The van der Waals surface area contributed by atoms with Crippen molar-refractivity contribution in [3.8, 4) is 11.5 Å². The van der Waals surface area contributed by atoms with Crippen LogP contribution in [0.15, 0.2) is 58.0 Å². The molecule has 2 aromatic rings. The number of amides is 1. The molecule has 0 aromatic heterocycles. The van der Waals surface area contributed by atoms with Gasteiger partial charge in [-0.15, -0.1) is 0 Å². The Morgan fingerprint density at radius 2 is 1.93 bits per heavy atom. The largest absolute Gasteiger partial charge is 0.493 e. The minimum atomic E-state index is -0.0358. The van der Waals surface area contributed by atoms with Crippen molar-refractivity contribution in [2.45, 2.75) is 17.7 Å². The van der Waals surface area contributed by atoms with E-state index in [2.05, 4.69) is 5.32 Å². The maximum absolute atomic E-state index is 12.5. The average molecular weight is 395 g/mol. The van der Waals surface area contributed by atoms with Crippen LogP contribution in [0.5, 0.6) is 11.5 Å². The highest BCUT2D eigenvalue weighted by Gasteiger charge is 2.34. The molecule has 0 unspecified atom stereocenters. The van der Waals surface area contributed by atoms with Crippen molar-refractivity contribution in [1.29, 1.82) is 5.41 Å². The fourth-order valence-electron chi connectivity index (χ4n) is 3.37. The molecule has 0 bridgehead atoms. The summed E-state index contributed by atoms with van der Waals surface area (Å²) in [6, 6.07) is 13.7. The molecular weight excluding hydrogens is 374 g/mol. The molecule has 7 heteroatoms. The van der Waals surface area contributed by atoms with Crippen molar-refractivity contribution < 1.29 is 14.3 Å². The lowest BCUT2D eigenvalue weighted by molar-refractivity contribution is -0.125. The maximum atomic E-state index is 12.5. The van der Waals surface area contributed by atoms with Crippen molar-refractivity contribution in [3.05, 3.63) is 58.6 Å². The molecule has 0 radical (unpaired) electrons. The predicted octanol–water partition coefficient (Wildman–Crippen LogP) is 3.89. The highest BCUT2D eigenvalue weighted by Crippen LogP contribution is 2.43. The summed E-state index contributed by atoms with van der Waals surface area (Å²) >= 11 is 1.58. The predicted molar refractivity (Wildman–Crippen MR) is 110 cm³/mol. The Bertz CT molecular complexity index is 960. The van der Waals surface area contributed by atoms with Crippen molar-refractivity contribution in [2.24, 2.45) is 0 Å². The van der Waals surface area contributed by atoms with Gasteiger partial charge in [-0.25, -0.2) is 0 Å². The van der Waals surface area contributed by atoms with Gasteiger partial charge < -0.3 is 14.8 Å². The molecule has 0 saturated carbocycles. The van der Waals surface area contributed by atoms with Gasteiger partial charge in [0.15, 0.2) is 11.5 Å². The third-order valence-corrected chi connectivity index (χ3v) is 6.01. The average Bonchev–Trinajstić information content (AvgIpc) is 3.26. The molecule has 2 aliphatic heterocycles. The first-order valence-electron chi connectivity index (χ1n) is 8.98. The number of thioether (sulfide) groups is 1. The minimum Gasteiger partial charge on any atom is -0.493 e. The molecule has 1 amide bonds. The first-order valence-corrected chi connectivity index (χ1v) is 9.79. The molecular formula is C21H21N3O3S. The van der Waals surface area contributed by atoms with Gasteiger partial charge in [0, 0.05) is 17.0 Å². The third-order valence-electron chi connectivity index (χ3n) is 4.88. The van der Waals surface area contributed by atoms with E-state index in [0.717, 1.165) is 26.7 Å². The topological polar surface area (TPSA) is 74.7 Å². The van der Waals surface area contributed by atoms with Crippen LogP contribution in [0.2, 0.25) is 0 Å². The second-order valence-electron chi connectivity index (χ2n) is 6.54. The number of carbonyl (C=O) groups excluding carboxylic acids is 1. The molecule has 0 spiro atoms. The van der Waals surface area contributed by atoms with Crippen LogP contribution in [0.3, 0.4) is 0 Å². The van der Waals surface area contributed by atoms with E-state index in [9.17, 15) is 4.79 Å². The zero-order chi connectivity index (χ0) is 19.7. The zero-order valence-corrected chi connectivity index (χ0v) is 16.6. The lowest BCUT2D eigenvalue weighted by Gasteiger charge is -2.16. The molecule has 1 fully saturated rings. The lowest BCUT2D eigenvalue weighted by Crippen LogP contribution is -2.31. The second-order valence-corrected chi connectivity index (χ2v) is 7.59. The summed E-state index contributed by atoms with van der Waals surface area (Å²) in [4.78, 5) is 15.2. The van der Waals surface area contributed by atoms with Crippen LogP contribution in [-0.2, 0) is 11.2 Å². The zero-order valence-electron chi connectivity index (χ0n) is 15.7. The van der Waals surface area contributed by atoms with Crippen LogP contribution < -0.4 is 14.8 Å². The summed E-state index contributed by atoms with van der Waals surface area (Å²) in [7, 11) is 3.20. The van der Waals surface area contributed by atoms with Crippen molar-refractivity contribution in [2.75, 3.05) is 26.1 Å². The monoisotopic (exact) mass is 395 g/mol. The van der Waals surface area contributed by atoms with Gasteiger partial charge in [0.1, 0.15) is 5.84 Å². The van der Waals surface area contributed by atoms with Crippen LogP contribution in [0.25, 0.3) is 0 Å². The van der Waals surface area contributed by atoms with Gasteiger partial charge in [-0.3, -0.25) is 15.1 Å². The summed E-state index contributed by atoms with van der Waals surface area (Å²) < 4.78 is 10.6. The third kappa shape index (κ3) is 3.33. The highest BCUT2D eigenvalue weighted by molar-refractivity contribution is 8.03. The number of nitrogens with one attached hydrogen (secondary N) is 2. The van der Waals surface area contributed by atoms with Crippen molar-refractivity contribution >= 4 is 29.2 Å². The normalized spacial score (nSPS) is 18.3. The number of rotatable bonds is 5. The number of hydrogen-bond donors (Lipinski definition) is 2. The summed E-state index contributed by atoms with van der Waals surface area (Å²) in [5.74, 6) is 1.58. The first kappa shape index (κ1) is 18.4. The molecule has 2 heterocycles. The van der Waals surface area contributed by atoms with Crippen LogP contribution >= 0.6 is 11.8 Å². The Morgan fingerprint density at radius 3 is 2.68 bits per heavy atom. The van der Waals surface area contributed by atoms with Gasteiger partial charge in [0.25, 0.3) is 0 Å². The van der Waals surface area contributed by atoms with Crippen molar-refractivity contribution in [1.82, 2.24) is 4.90 Å². The van der Waals surface area contributed by atoms with Gasteiger partial charge in [-0.05, 0) is 36.2 Å². The SMILES string of the molecule is COc1ccc(CCN2C(=N)/C(=C3/Nc4ccccc4S3)CC2=O)cc1OC. The fourth-order valence-corrected chi connectivity index (χ4v) is 4.42. The molecule has 28 heavy (non-hydrogen) atoms. The molecule has 1 saturated heterocycles. The standard InChI is InChI=1S/C21H21N3O3S/c1-26-16-8-7-13(11-17(16)27-2)9-10-24-19(25)12-14(20(24)22)21-23-15-5-3-4-6-18(15)28-21/h3-8,11,22-23H,9-10,12H2,1-2H3/b21-14-,22-20?. The van der Waals surface area contributed by atoms with Gasteiger partial charge in [0.05, 0.1) is 31.4 Å². The molecule has 0 atom stereocenters. The van der Waals surface area contributed by atoms with Gasteiger partial charge in [-0.1, -0.05) is 30.0 Å². The number of anilines is 1. The highest BCUT2D eigenvalue weighted by atomic mass is 32.2. The Labute approximate surface area is 168 Å². The molecule has 2 aromatic carbocycles. The van der Waals surface area contributed by atoms with Gasteiger partial charge in [-0.2, -0.15) is 0 Å². The summed E-state index contributed by atoms with van der Waals surface area (Å²) in [5.41, 5.74) is 2.82. The van der Waals surface area contributed by atoms with Crippen LogP contribution in [0, 0.1) is 5.41 Å². The van der Waals surface area contributed by atoms with E-state index in [0.29, 0.717) is 24.5 Å². The molecule has 144 valence electrons. The quantitative estimate of drug-likeness (QED) is 0.804. The van der Waals surface area contributed by atoms with E-state index < -0.39 is 0 Å². The Hall–Kier alpha value is -2.93. The lowest BCUT2D eigenvalue weighted by atomic mass is 10.1. The smallest absolute Gasteiger partial charge is 0.232 e. The first-order chi connectivity index (χ1) is 13.6. The van der Waals surface area contributed by atoms with Gasteiger partial charge >= 0.3 is 0 Å². The van der Waals surface area contributed by atoms with E-state index in [1.54, 1.807) is 30.9 Å². The van der Waals surface area contributed by atoms with E-state index in [4.69, 9.17) is 14.9 Å². The van der Waals surface area contributed by atoms with Gasteiger partial charge in [0.2, 0.25) is 5.91 Å². The van der Waals surface area contributed by atoms with E-state index in [1.807, 2.05) is 42.5 Å². The Kier molecular flexibility index (Phi) is 5.00. The molecule has 0 aliphatic carbocycles. The molecule has 4 rings (SSSR count). The molecule has 2 N–H and O–H groups in total. The molecule has 2 aliphatic rings. The van der Waals surface area contributed by atoms with E-state index in [-0.39, 0.29) is 18.2 Å².